The average molecular weight is 290 g/mol. The van der Waals surface area contributed by atoms with E-state index in [0.29, 0.717) is 5.13 Å². The highest BCUT2D eigenvalue weighted by Crippen LogP contribution is 2.17. The van der Waals surface area contributed by atoms with Gasteiger partial charge in [0, 0.05) is 12.3 Å². The summed E-state index contributed by atoms with van der Waals surface area (Å²) in [5.41, 5.74) is 2.26. The van der Waals surface area contributed by atoms with Crippen LogP contribution < -0.4 is 5.32 Å². The fourth-order valence-electron chi connectivity index (χ4n) is 1.72. The third kappa shape index (κ3) is 3.89. The van der Waals surface area contributed by atoms with Crippen molar-refractivity contribution in [3.05, 3.63) is 46.5 Å². The van der Waals surface area contributed by atoms with Crippen molar-refractivity contribution >= 4 is 28.3 Å². The zero-order valence-corrected chi connectivity index (χ0v) is 11.7. The molecule has 2 N–H and O–H groups in total. The predicted octanol–water partition coefficient (Wildman–Crippen LogP) is 2.58. The average Bonchev–Trinajstić information content (AvgIpc) is 2.83. The number of aromatic nitrogens is 1. The van der Waals surface area contributed by atoms with Gasteiger partial charge in [-0.15, -0.1) is 11.3 Å². The summed E-state index contributed by atoms with van der Waals surface area (Å²) in [6.45, 7) is 1.45. The van der Waals surface area contributed by atoms with Crippen LogP contribution >= 0.6 is 11.3 Å². The van der Waals surface area contributed by atoms with Crippen LogP contribution in [0.3, 0.4) is 0 Å². The molecule has 104 valence electrons. The number of aryl methyl sites for hydroxylation is 2. The monoisotopic (exact) mass is 290 g/mol. The van der Waals surface area contributed by atoms with Crippen molar-refractivity contribution in [3.8, 4) is 0 Å². The van der Waals surface area contributed by atoms with Crippen LogP contribution in [0.25, 0.3) is 0 Å². The fraction of sp³-hybridized carbons (Fsp3) is 0.214. The highest BCUT2D eigenvalue weighted by atomic mass is 32.1. The molecule has 0 spiro atoms. The molecule has 5 nitrogen and oxygen atoms in total. The lowest BCUT2D eigenvalue weighted by Crippen LogP contribution is -2.05. The van der Waals surface area contributed by atoms with Crippen LogP contribution in [0.5, 0.6) is 0 Å². The standard InChI is InChI=1S/C14H14N2O3S/c1-9(17)15-14-16-12(8-20-14)7-4-10-2-5-11(6-3-10)13(18)19/h2-3,5-6,8H,4,7H2,1H3,(H,18,19)(H,15,16,17). The topological polar surface area (TPSA) is 79.3 Å². The molecule has 1 amide bonds. The number of carbonyl (C=O) groups excluding carboxylic acids is 1. The highest BCUT2D eigenvalue weighted by molar-refractivity contribution is 7.13. The number of aromatic carboxylic acids is 1. The van der Waals surface area contributed by atoms with E-state index in [1.807, 2.05) is 17.5 Å². The Morgan fingerprint density at radius 1 is 1.25 bits per heavy atom. The maximum Gasteiger partial charge on any atom is 0.335 e. The number of anilines is 1. The molecule has 20 heavy (non-hydrogen) atoms. The van der Waals surface area contributed by atoms with E-state index in [1.54, 1.807) is 12.1 Å². The Hall–Kier alpha value is -2.21. The zero-order chi connectivity index (χ0) is 14.5. The molecular formula is C14H14N2O3S. The van der Waals surface area contributed by atoms with Crippen molar-refractivity contribution in [2.24, 2.45) is 0 Å². The van der Waals surface area contributed by atoms with Gasteiger partial charge >= 0.3 is 5.97 Å². The first kappa shape index (κ1) is 14.2. The lowest BCUT2D eigenvalue weighted by atomic mass is 10.1. The molecule has 0 radical (unpaired) electrons. The van der Waals surface area contributed by atoms with E-state index in [9.17, 15) is 9.59 Å². The van der Waals surface area contributed by atoms with Gasteiger partial charge in [-0.2, -0.15) is 0 Å². The Morgan fingerprint density at radius 2 is 1.95 bits per heavy atom. The van der Waals surface area contributed by atoms with Gasteiger partial charge in [0.1, 0.15) is 0 Å². The number of nitrogens with one attached hydrogen (secondary N) is 1. The summed E-state index contributed by atoms with van der Waals surface area (Å²) in [5, 5.41) is 14.0. The minimum Gasteiger partial charge on any atom is -0.478 e. The molecule has 0 saturated heterocycles. The molecular weight excluding hydrogens is 276 g/mol. The molecule has 1 aromatic heterocycles. The van der Waals surface area contributed by atoms with E-state index in [1.165, 1.54) is 18.3 Å². The maximum absolute atomic E-state index is 10.9. The van der Waals surface area contributed by atoms with Crippen molar-refractivity contribution in [2.75, 3.05) is 5.32 Å². The summed E-state index contributed by atoms with van der Waals surface area (Å²) < 4.78 is 0. The van der Waals surface area contributed by atoms with Gasteiger partial charge in [-0.05, 0) is 30.5 Å². The van der Waals surface area contributed by atoms with Crippen LogP contribution in [0.1, 0.15) is 28.5 Å². The fourth-order valence-corrected chi connectivity index (χ4v) is 2.51. The number of carboxylic acid groups (broad SMARTS) is 1. The Morgan fingerprint density at radius 3 is 2.55 bits per heavy atom. The van der Waals surface area contributed by atoms with Crippen LogP contribution in [0.4, 0.5) is 5.13 Å². The normalized spacial score (nSPS) is 10.2. The van der Waals surface area contributed by atoms with Gasteiger partial charge in [-0.1, -0.05) is 12.1 Å². The van der Waals surface area contributed by atoms with Gasteiger partial charge in [0.2, 0.25) is 5.91 Å². The predicted molar refractivity (Wildman–Crippen MR) is 77.2 cm³/mol. The molecule has 0 bridgehead atoms. The van der Waals surface area contributed by atoms with Crippen LogP contribution in [0.15, 0.2) is 29.6 Å². The van der Waals surface area contributed by atoms with Crippen LogP contribution in [0, 0.1) is 0 Å². The Bertz CT molecular complexity index is 620. The first-order valence-electron chi connectivity index (χ1n) is 6.09. The highest BCUT2D eigenvalue weighted by Gasteiger charge is 2.05. The van der Waals surface area contributed by atoms with Crippen molar-refractivity contribution in [1.29, 1.82) is 0 Å². The number of amides is 1. The molecule has 2 rings (SSSR count). The molecule has 0 aliphatic heterocycles. The minimum atomic E-state index is -0.920. The summed E-state index contributed by atoms with van der Waals surface area (Å²) >= 11 is 1.40. The molecule has 2 aromatic rings. The van der Waals surface area contributed by atoms with Crippen LogP contribution in [-0.4, -0.2) is 22.0 Å². The smallest absolute Gasteiger partial charge is 0.335 e. The molecule has 0 saturated carbocycles. The zero-order valence-electron chi connectivity index (χ0n) is 10.9. The first-order valence-corrected chi connectivity index (χ1v) is 6.97. The van der Waals surface area contributed by atoms with Gasteiger partial charge in [-0.3, -0.25) is 4.79 Å². The van der Waals surface area contributed by atoms with E-state index < -0.39 is 5.97 Å². The van der Waals surface area contributed by atoms with Gasteiger partial charge < -0.3 is 10.4 Å². The largest absolute Gasteiger partial charge is 0.478 e. The summed E-state index contributed by atoms with van der Waals surface area (Å²) in [6.07, 6.45) is 1.53. The number of nitrogens with zero attached hydrogens (tertiary/aromatic N) is 1. The summed E-state index contributed by atoms with van der Waals surface area (Å²) in [7, 11) is 0. The third-order valence-corrected chi connectivity index (χ3v) is 3.51. The van der Waals surface area contributed by atoms with E-state index in [0.717, 1.165) is 24.1 Å². The van der Waals surface area contributed by atoms with E-state index in [2.05, 4.69) is 10.3 Å². The minimum absolute atomic E-state index is 0.129. The number of hydrogen-bond acceptors (Lipinski definition) is 4. The van der Waals surface area contributed by atoms with Crippen LogP contribution in [0.2, 0.25) is 0 Å². The number of rotatable bonds is 5. The first-order chi connectivity index (χ1) is 9.54. The van der Waals surface area contributed by atoms with Crippen molar-refractivity contribution in [3.63, 3.8) is 0 Å². The van der Waals surface area contributed by atoms with Gasteiger partial charge in [0.05, 0.1) is 11.3 Å². The summed E-state index contributed by atoms with van der Waals surface area (Å²) in [4.78, 5) is 25.9. The van der Waals surface area contributed by atoms with Crippen molar-refractivity contribution in [2.45, 2.75) is 19.8 Å². The van der Waals surface area contributed by atoms with Gasteiger partial charge in [0.15, 0.2) is 5.13 Å². The summed E-state index contributed by atoms with van der Waals surface area (Å²) in [5.74, 6) is -1.05. The van der Waals surface area contributed by atoms with E-state index in [4.69, 9.17) is 5.11 Å². The number of thiazole rings is 1. The maximum atomic E-state index is 10.9. The van der Waals surface area contributed by atoms with Gasteiger partial charge in [-0.25, -0.2) is 9.78 Å². The molecule has 1 heterocycles. The number of hydrogen-bond donors (Lipinski definition) is 2. The number of benzene rings is 1. The van der Waals surface area contributed by atoms with E-state index in [-0.39, 0.29) is 11.5 Å². The van der Waals surface area contributed by atoms with Crippen molar-refractivity contribution in [1.82, 2.24) is 4.98 Å². The number of carbonyl (C=O) groups is 2. The number of carboxylic acids is 1. The summed E-state index contributed by atoms with van der Waals surface area (Å²) in [6, 6.07) is 6.82. The van der Waals surface area contributed by atoms with Crippen molar-refractivity contribution < 1.29 is 14.7 Å². The lowest BCUT2D eigenvalue weighted by molar-refractivity contribution is -0.114. The Balaban J connectivity index is 1.93. The second kappa shape index (κ2) is 6.29. The molecule has 6 heteroatoms. The Labute approximate surface area is 120 Å². The SMILES string of the molecule is CC(=O)Nc1nc(CCc2ccc(C(=O)O)cc2)cs1. The molecule has 0 aliphatic rings. The van der Waals surface area contributed by atoms with Crippen LogP contribution in [-0.2, 0) is 17.6 Å². The molecule has 0 unspecified atom stereocenters. The second-order valence-corrected chi connectivity index (χ2v) is 5.19. The Kier molecular flexibility index (Phi) is 4.47. The van der Waals surface area contributed by atoms with Gasteiger partial charge in [0.25, 0.3) is 0 Å². The van der Waals surface area contributed by atoms with E-state index >= 15 is 0 Å². The molecule has 0 aliphatic carbocycles. The molecule has 0 fully saturated rings. The second-order valence-electron chi connectivity index (χ2n) is 4.33. The molecule has 1 aromatic carbocycles. The molecule has 0 atom stereocenters. The lowest BCUT2D eigenvalue weighted by Gasteiger charge is -2.00. The third-order valence-electron chi connectivity index (χ3n) is 2.71. The quantitative estimate of drug-likeness (QED) is 0.887.